The summed E-state index contributed by atoms with van der Waals surface area (Å²) in [6, 6.07) is 12.5. The molecule has 1 N–H and O–H groups in total. The predicted octanol–water partition coefficient (Wildman–Crippen LogP) is 4.72. The first-order chi connectivity index (χ1) is 12.6. The topological polar surface area (TPSA) is 91.8 Å². The Bertz CT molecular complexity index is 1020. The number of halogens is 1. The second kappa shape index (κ2) is 8.19. The number of furan rings is 1. The zero-order chi connectivity index (χ0) is 18.5. The number of carbonyl (C=O) groups is 1. The Balaban J connectivity index is 1.80. The number of nitriles is 1. The fraction of sp³-hybridized carbons (Fsp3) is 0.0588. The van der Waals surface area contributed by atoms with Crippen molar-refractivity contribution in [3.8, 4) is 17.4 Å². The zero-order valence-electron chi connectivity index (χ0n) is 13.4. The summed E-state index contributed by atoms with van der Waals surface area (Å²) in [6.45, 7) is 0. The van der Waals surface area contributed by atoms with Crippen LogP contribution in [0.2, 0.25) is 5.02 Å². The van der Waals surface area contributed by atoms with E-state index in [2.05, 4.69) is 14.7 Å². The molecule has 9 heteroatoms. The summed E-state index contributed by atoms with van der Waals surface area (Å²) in [5.41, 5.74) is 0.626. The molecule has 0 bridgehead atoms. The molecule has 0 saturated carbocycles. The number of hydrogen-bond donors (Lipinski definition) is 1. The third kappa shape index (κ3) is 4.14. The van der Waals surface area contributed by atoms with Crippen molar-refractivity contribution < 1.29 is 9.21 Å². The maximum absolute atomic E-state index is 12.2. The summed E-state index contributed by atoms with van der Waals surface area (Å²) in [4.78, 5) is 16.4. The van der Waals surface area contributed by atoms with Crippen LogP contribution in [0.3, 0.4) is 0 Å². The lowest BCUT2D eigenvalue weighted by Gasteiger charge is -2.00. The lowest BCUT2D eigenvalue weighted by molar-refractivity contribution is -0.112. The Morgan fingerprint density at radius 1 is 1.38 bits per heavy atom. The molecule has 26 heavy (non-hydrogen) atoms. The van der Waals surface area contributed by atoms with E-state index in [0.717, 1.165) is 17.1 Å². The number of hydrogen-bond acceptors (Lipinski definition) is 7. The molecule has 2 aromatic heterocycles. The maximum Gasteiger partial charge on any atom is 0.268 e. The summed E-state index contributed by atoms with van der Waals surface area (Å²) in [5, 5.41) is 13.3. The highest BCUT2D eigenvalue weighted by Crippen LogP contribution is 2.29. The largest absolute Gasteiger partial charge is 0.457 e. The average molecular weight is 403 g/mol. The van der Waals surface area contributed by atoms with Crippen LogP contribution in [0.4, 0.5) is 5.13 Å². The number of anilines is 1. The number of nitrogens with one attached hydrogen (secondary N) is 1. The number of thioether (sulfide) groups is 1. The monoisotopic (exact) mass is 402 g/mol. The standard InChI is InChI=1S/C17H11ClN4O2S2/c1-25-17-21-16(26-22-17)20-15(23)10(9-19)8-11-6-7-14(24-11)12-4-2-3-5-13(12)18/h2-8H,1H3,(H,20,21,22,23). The van der Waals surface area contributed by atoms with Crippen LogP contribution in [0.15, 0.2) is 51.5 Å². The normalized spacial score (nSPS) is 11.2. The summed E-state index contributed by atoms with van der Waals surface area (Å²) >= 11 is 8.57. The van der Waals surface area contributed by atoms with Crippen molar-refractivity contribution in [2.45, 2.75) is 5.16 Å². The molecule has 3 rings (SSSR count). The highest BCUT2D eigenvalue weighted by molar-refractivity contribution is 7.98. The van der Waals surface area contributed by atoms with Gasteiger partial charge in [-0.15, -0.1) is 0 Å². The van der Waals surface area contributed by atoms with E-state index >= 15 is 0 Å². The average Bonchev–Trinajstić information content (AvgIpc) is 3.29. The zero-order valence-corrected chi connectivity index (χ0v) is 15.8. The molecule has 1 amide bonds. The first kappa shape index (κ1) is 18.2. The van der Waals surface area contributed by atoms with Crippen molar-refractivity contribution in [2.75, 3.05) is 11.6 Å². The number of nitrogens with zero attached hydrogens (tertiary/aromatic N) is 3. The third-order valence-electron chi connectivity index (χ3n) is 3.23. The molecule has 0 aliphatic rings. The van der Waals surface area contributed by atoms with E-state index in [9.17, 15) is 10.1 Å². The number of carbonyl (C=O) groups excluding carboxylic acids is 1. The molecule has 0 saturated heterocycles. The molecule has 0 atom stereocenters. The van der Waals surface area contributed by atoms with E-state index in [1.807, 2.05) is 30.5 Å². The first-order valence-electron chi connectivity index (χ1n) is 7.26. The molecule has 0 aliphatic carbocycles. The van der Waals surface area contributed by atoms with E-state index in [0.29, 0.717) is 26.8 Å². The summed E-state index contributed by atoms with van der Waals surface area (Å²) < 4.78 is 9.73. The van der Waals surface area contributed by atoms with Crippen LogP contribution < -0.4 is 5.32 Å². The van der Waals surface area contributed by atoms with Crippen molar-refractivity contribution in [3.63, 3.8) is 0 Å². The van der Waals surface area contributed by atoms with Crippen LogP contribution >= 0.6 is 34.9 Å². The lowest BCUT2D eigenvalue weighted by Crippen LogP contribution is -2.13. The van der Waals surface area contributed by atoms with Crippen molar-refractivity contribution in [3.05, 3.63) is 52.8 Å². The summed E-state index contributed by atoms with van der Waals surface area (Å²) in [7, 11) is 0. The van der Waals surface area contributed by atoms with Gasteiger partial charge in [-0.1, -0.05) is 35.5 Å². The molecule has 0 spiro atoms. The van der Waals surface area contributed by atoms with E-state index < -0.39 is 5.91 Å². The molecular formula is C17H11ClN4O2S2. The number of rotatable bonds is 5. The van der Waals surface area contributed by atoms with Gasteiger partial charge in [0.2, 0.25) is 10.3 Å². The van der Waals surface area contributed by atoms with Gasteiger partial charge >= 0.3 is 0 Å². The van der Waals surface area contributed by atoms with Gasteiger partial charge in [-0.3, -0.25) is 10.1 Å². The Kier molecular flexibility index (Phi) is 5.73. The van der Waals surface area contributed by atoms with Crippen molar-refractivity contribution >= 4 is 52.0 Å². The molecule has 1 aromatic carbocycles. The Morgan fingerprint density at radius 2 is 2.19 bits per heavy atom. The van der Waals surface area contributed by atoms with Gasteiger partial charge in [0.05, 0.1) is 5.02 Å². The minimum Gasteiger partial charge on any atom is -0.457 e. The Morgan fingerprint density at radius 3 is 2.88 bits per heavy atom. The van der Waals surface area contributed by atoms with E-state index in [1.54, 1.807) is 18.2 Å². The molecule has 6 nitrogen and oxygen atoms in total. The second-order valence-electron chi connectivity index (χ2n) is 4.89. The molecular weight excluding hydrogens is 392 g/mol. The maximum atomic E-state index is 12.2. The van der Waals surface area contributed by atoms with E-state index in [1.165, 1.54) is 17.8 Å². The van der Waals surface area contributed by atoms with Crippen molar-refractivity contribution in [1.29, 1.82) is 5.26 Å². The van der Waals surface area contributed by atoms with E-state index in [4.69, 9.17) is 16.0 Å². The predicted molar refractivity (Wildman–Crippen MR) is 103 cm³/mol. The van der Waals surface area contributed by atoms with Crippen LogP contribution in [0, 0.1) is 11.3 Å². The lowest BCUT2D eigenvalue weighted by atomic mass is 10.2. The van der Waals surface area contributed by atoms with Gasteiger partial charge in [-0.05, 0) is 30.5 Å². The van der Waals surface area contributed by atoms with Crippen LogP contribution in [-0.2, 0) is 4.79 Å². The minimum atomic E-state index is -0.577. The fourth-order valence-electron chi connectivity index (χ4n) is 2.04. The smallest absolute Gasteiger partial charge is 0.268 e. The highest BCUT2D eigenvalue weighted by atomic mass is 35.5. The second-order valence-corrected chi connectivity index (χ2v) is 6.82. The Hall–Kier alpha value is -2.60. The molecule has 3 aromatic rings. The van der Waals surface area contributed by atoms with Crippen LogP contribution in [0.5, 0.6) is 0 Å². The molecule has 0 unspecified atom stereocenters. The minimum absolute atomic E-state index is 0.106. The summed E-state index contributed by atoms with van der Waals surface area (Å²) in [6.07, 6.45) is 3.20. The molecule has 2 heterocycles. The van der Waals surface area contributed by atoms with Crippen molar-refractivity contribution in [2.24, 2.45) is 0 Å². The molecule has 0 aliphatic heterocycles. The first-order valence-corrected chi connectivity index (χ1v) is 9.64. The number of benzene rings is 1. The van der Waals surface area contributed by atoms with Crippen LogP contribution in [-0.4, -0.2) is 21.5 Å². The van der Waals surface area contributed by atoms with Gasteiger partial charge in [0.25, 0.3) is 5.91 Å². The molecule has 0 radical (unpaired) electrons. The third-order valence-corrected chi connectivity index (χ3v) is 4.85. The summed E-state index contributed by atoms with van der Waals surface area (Å²) in [5.74, 6) is 0.342. The fourth-order valence-corrected chi connectivity index (χ4v) is 3.39. The van der Waals surface area contributed by atoms with Gasteiger partial charge in [-0.2, -0.15) is 14.6 Å². The molecule has 0 fully saturated rings. The van der Waals surface area contributed by atoms with Gasteiger partial charge in [0, 0.05) is 23.2 Å². The Labute approximate surface area is 162 Å². The van der Waals surface area contributed by atoms with Crippen LogP contribution in [0.1, 0.15) is 5.76 Å². The highest BCUT2D eigenvalue weighted by Gasteiger charge is 2.14. The van der Waals surface area contributed by atoms with Gasteiger partial charge in [-0.25, -0.2) is 0 Å². The van der Waals surface area contributed by atoms with Crippen molar-refractivity contribution in [1.82, 2.24) is 9.36 Å². The number of amides is 1. The van der Waals surface area contributed by atoms with Crippen LogP contribution in [0.25, 0.3) is 17.4 Å². The van der Waals surface area contributed by atoms with Gasteiger partial charge < -0.3 is 4.42 Å². The van der Waals surface area contributed by atoms with Gasteiger partial charge in [0.1, 0.15) is 23.2 Å². The number of aromatic nitrogens is 2. The molecule has 130 valence electrons. The van der Waals surface area contributed by atoms with E-state index in [-0.39, 0.29) is 5.57 Å². The van der Waals surface area contributed by atoms with Gasteiger partial charge in [0.15, 0.2) is 0 Å². The SMILES string of the molecule is CSc1nsc(NC(=O)C(C#N)=Cc2ccc(-c3ccccc3Cl)o2)n1. The quantitative estimate of drug-likeness (QED) is 0.377.